The molecule has 2 unspecified atom stereocenters. The molecule has 0 aromatic heterocycles. The van der Waals surface area contributed by atoms with E-state index in [-0.39, 0.29) is 18.1 Å². The molecule has 1 aromatic rings. The SMILES string of the molecule is CCN(C)CCN1C(=O)C(c2ccccc2)NC1C(C)C. The van der Waals surface area contributed by atoms with E-state index >= 15 is 0 Å². The number of nitrogens with zero attached hydrogens (tertiary/aromatic N) is 2. The number of carbonyl (C=O) groups is 1. The van der Waals surface area contributed by atoms with Gasteiger partial charge in [-0.3, -0.25) is 10.1 Å². The van der Waals surface area contributed by atoms with Crippen LogP contribution in [0, 0.1) is 5.92 Å². The molecule has 4 heteroatoms. The Hall–Kier alpha value is -1.39. The minimum atomic E-state index is -0.203. The maximum Gasteiger partial charge on any atom is 0.245 e. The zero-order chi connectivity index (χ0) is 15.4. The van der Waals surface area contributed by atoms with Gasteiger partial charge in [-0.1, -0.05) is 51.1 Å². The van der Waals surface area contributed by atoms with Crippen LogP contribution in [0.1, 0.15) is 32.4 Å². The Morgan fingerprint density at radius 2 is 1.95 bits per heavy atom. The van der Waals surface area contributed by atoms with E-state index in [2.05, 4.69) is 38.0 Å². The van der Waals surface area contributed by atoms with Crippen molar-refractivity contribution < 1.29 is 4.79 Å². The highest BCUT2D eigenvalue weighted by atomic mass is 16.2. The Bertz CT molecular complexity index is 460. The minimum Gasteiger partial charge on any atom is -0.324 e. The maximum absolute atomic E-state index is 12.8. The molecule has 1 amide bonds. The number of benzene rings is 1. The molecule has 2 rings (SSSR count). The molecule has 0 radical (unpaired) electrons. The first-order valence-electron chi connectivity index (χ1n) is 7.84. The van der Waals surface area contributed by atoms with Crippen LogP contribution in [0.2, 0.25) is 0 Å². The molecule has 1 aliphatic heterocycles. The number of likely N-dealkylation sites (N-methyl/N-ethyl adjacent to an activating group) is 1. The number of carbonyl (C=O) groups excluding carboxylic acids is 1. The summed E-state index contributed by atoms with van der Waals surface area (Å²) >= 11 is 0. The van der Waals surface area contributed by atoms with Crippen molar-refractivity contribution in [2.75, 3.05) is 26.7 Å². The van der Waals surface area contributed by atoms with Gasteiger partial charge >= 0.3 is 0 Å². The summed E-state index contributed by atoms with van der Waals surface area (Å²) in [6, 6.07) is 9.80. The second kappa shape index (κ2) is 7.05. The highest BCUT2D eigenvalue weighted by Crippen LogP contribution is 2.27. The first-order chi connectivity index (χ1) is 10.0. The average molecular weight is 289 g/mol. The molecule has 1 aromatic carbocycles. The van der Waals surface area contributed by atoms with Gasteiger partial charge in [0.15, 0.2) is 0 Å². The van der Waals surface area contributed by atoms with Crippen molar-refractivity contribution in [3.05, 3.63) is 35.9 Å². The van der Waals surface area contributed by atoms with Crippen molar-refractivity contribution in [1.82, 2.24) is 15.1 Å². The normalized spacial score (nSPS) is 22.6. The van der Waals surface area contributed by atoms with Gasteiger partial charge in [-0.25, -0.2) is 0 Å². The van der Waals surface area contributed by atoms with Gasteiger partial charge in [0.25, 0.3) is 0 Å². The lowest BCUT2D eigenvalue weighted by Crippen LogP contribution is -2.44. The summed E-state index contributed by atoms with van der Waals surface area (Å²) in [5, 5.41) is 3.51. The van der Waals surface area contributed by atoms with Crippen LogP contribution in [-0.2, 0) is 4.79 Å². The van der Waals surface area contributed by atoms with E-state index < -0.39 is 0 Å². The van der Waals surface area contributed by atoms with Gasteiger partial charge < -0.3 is 9.80 Å². The van der Waals surface area contributed by atoms with Gasteiger partial charge in [-0.05, 0) is 25.1 Å². The Morgan fingerprint density at radius 3 is 2.52 bits per heavy atom. The van der Waals surface area contributed by atoms with Crippen LogP contribution in [0.3, 0.4) is 0 Å². The highest BCUT2D eigenvalue weighted by molar-refractivity contribution is 5.85. The topological polar surface area (TPSA) is 35.6 Å². The molecule has 1 saturated heterocycles. The van der Waals surface area contributed by atoms with E-state index in [9.17, 15) is 4.79 Å². The van der Waals surface area contributed by atoms with Crippen molar-refractivity contribution in [2.24, 2.45) is 5.92 Å². The van der Waals surface area contributed by atoms with E-state index in [0.717, 1.165) is 25.2 Å². The number of nitrogens with one attached hydrogen (secondary N) is 1. The largest absolute Gasteiger partial charge is 0.324 e. The third kappa shape index (κ3) is 3.63. The lowest BCUT2D eigenvalue weighted by molar-refractivity contribution is -0.130. The van der Waals surface area contributed by atoms with E-state index in [1.165, 1.54) is 0 Å². The van der Waals surface area contributed by atoms with Crippen LogP contribution in [0.5, 0.6) is 0 Å². The van der Waals surface area contributed by atoms with Crippen molar-refractivity contribution in [3.63, 3.8) is 0 Å². The summed E-state index contributed by atoms with van der Waals surface area (Å²) in [5.41, 5.74) is 1.06. The lowest BCUT2D eigenvalue weighted by Gasteiger charge is -2.28. The Morgan fingerprint density at radius 1 is 1.29 bits per heavy atom. The zero-order valence-corrected chi connectivity index (χ0v) is 13.5. The third-order valence-electron chi connectivity index (χ3n) is 4.23. The first kappa shape index (κ1) is 16.0. The molecule has 0 spiro atoms. The molecule has 0 saturated carbocycles. The fourth-order valence-corrected chi connectivity index (χ4v) is 2.76. The molecule has 21 heavy (non-hydrogen) atoms. The number of amides is 1. The quantitative estimate of drug-likeness (QED) is 0.871. The molecule has 4 nitrogen and oxygen atoms in total. The van der Waals surface area contributed by atoms with Gasteiger partial charge in [0, 0.05) is 13.1 Å². The summed E-state index contributed by atoms with van der Waals surface area (Å²) in [6.45, 7) is 9.15. The second-order valence-corrected chi connectivity index (χ2v) is 6.13. The molecular formula is C17H27N3O. The summed E-state index contributed by atoms with van der Waals surface area (Å²) in [6.07, 6.45) is 0.118. The van der Waals surface area contributed by atoms with Crippen LogP contribution < -0.4 is 5.32 Å². The molecule has 0 aliphatic carbocycles. The molecular weight excluding hydrogens is 262 g/mol. The van der Waals surface area contributed by atoms with Gasteiger partial charge in [-0.2, -0.15) is 0 Å². The molecule has 1 heterocycles. The highest BCUT2D eigenvalue weighted by Gasteiger charge is 2.40. The van der Waals surface area contributed by atoms with Crippen LogP contribution in [0.15, 0.2) is 30.3 Å². The predicted molar refractivity (Wildman–Crippen MR) is 85.8 cm³/mol. The number of rotatable bonds is 6. The number of hydrogen-bond donors (Lipinski definition) is 1. The molecule has 1 fully saturated rings. The molecule has 116 valence electrons. The van der Waals surface area contributed by atoms with E-state index in [4.69, 9.17) is 0 Å². The summed E-state index contributed by atoms with van der Waals surface area (Å²) in [5.74, 6) is 0.596. The van der Waals surface area contributed by atoms with Crippen LogP contribution >= 0.6 is 0 Å². The van der Waals surface area contributed by atoms with Crippen LogP contribution in [0.25, 0.3) is 0 Å². The van der Waals surface area contributed by atoms with E-state index in [0.29, 0.717) is 5.92 Å². The summed E-state index contributed by atoms with van der Waals surface area (Å²) < 4.78 is 0. The fourth-order valence-electron chi connectivity index (χ4n) is 2.76. The maximum atomic E-state index is 12.8. The Balaban J connectivity index is 2.13. The average Bonchev–Trinajstić information content (AvgIpc) is 2.83. The Kier molecular flexibility index (Phi) is 5.37. The third-order valence-corrected chi connectivity index (χ3v) is 4.23. The van der Waals surface area contributed by atoms with Gasteiger partial charge in [0.1, 0.15) is 6.04 Å². The summed E-state index contributed by atoms with van der Waals surface area (Å²) in [4.78, 5) is 17.0. The second-order valence-electron chi connectivity index (χ2n) is 6.13. The standard InChI is InChI=1S/C17H27N3O/c1-5-19(4)11-12-20-16(13(2)3)18-15(17(20)21)14-9-7-6-8-10-14/h6-10,13,15-16,18H,5,11-12H2,1-4H3. The van der Waals surface area contributed by atoms with Crippen molar-refractivity contribution in [2.45, 2.75) is 33.0 Å². The van der Waals surface area contributed by atoms with Crippen molar-refractivity contribution in [3.8, 4) is 0 Å². The smallest absolute Gasteiger partial charge is 0.245 e. The molecule has 2 atom stereocenters. The van der Waals surface area contributed by atoms with Crippen LogP contribution in [0.4, 0.5) is 0 Å². The first-order valence-corrected chi connectivity index (χ1v) is 7.84. The molecule has 1 N–H and O–H groups in total. The van der Waals surface area contributed by atoms with Gasteiger partial charge in [0.2, 0.25) is 5.91 Å². The van der Waals surface area contributed by atoms with Crippen molar-refractivity contribution >= 4 is 5.91 Å². The van der Waals surface area contributed by atoms with Crippen molar-refractivity contribution in [1.29, 1.82) is 0 Å². The minimum absolute atomic E-state index is 0.118. The fraction of sp³-hybridized carbons (Fsp3) is 0.588. The molecule has 0 bridgehead atoms. The lowest BCUT2D eigenvalue weighted by atomic mass is 10.1. The Labute approximate surface area is 128 Å². The zero-order valence-electron chi connectivity index (χ0n) is 13.5. The molecule has 1 aliphatic rings. The number of hydrogen-bond acceptors (Lipinski definition) is 3. The van der Waals surface area contributed by atoms with Gasteiger partial charge in [0.05, 0.1) is 6.17 Å². The van der Waals surface area contributed by atoms with Crippen LogP contribution in [-0.4, -0.2) is 48.6 Å². The van der Waals surface area contributed by atoms with Gasteiger partial charge in [-0.15, -0.1) is 0 Å². The summed E-state index contributed by atoms with van der Waals surface area (Å²) in [7, 11) is 2.09. The van der Waals surface area contributed by atoms with E-state index in [1.54, 1.807) is 0 Å². The predicted octanol–water partition coefficient (Wildman–Crippen LogP) is 2.09. The van der Waals surface area contributed by atoms with E-state index in [1.807, 2.05) is 35.2 Å². The monoisotopic (exact) mass is 289 g/mol.